The van der Waals surface area contributed by atoms with Gasteiger partial charge in [-0.1, -0.05) is 13.8 Å². The molecule has 0 heterocycles. The second-order valence-corrected chi connectivity index (χ2v) is 8.55. The van der Waals surface area contributed by atoms with Crippen LogP contribution in [0, 0.1) is 6.92 Å². The van der Waals surface area contributed by atoms with E-state index in [0.29, 0.717) is 29.1 Å². The monoisotopic (exact) mass is 488 g/mol. The van der Waals surface area contributed by atoms with Gasteiger partial charge >= 0.3 is 0 Å². The van der Waals surface area contributed by atoms with Crippen LogP contribution >= 0.6 is 0 Å². The Bertz CT molecular complexity index is 1140. The lowest BCUT2D eigenvalue weighted by Crippen LogP contribution is -2.29. The van der Waals surface area contributed by atoms with E-state index in [0.717, 1.165) is 43.0 Å². The molecule has 0 aliphatic rings. The van der Waals surface area contributed by atoms with Gasteiger partial charge in [0.2, 0.25) is 0 Å². The predicted molar refractivity (Wildman–Crippen MR) is 147 cm³/mol. The maximum Gasteiger partial charge on any atom is 0.255 e. The summed E-state index contributed by atoms with van der Waals surface area (Å²) in [6.07, 6.45) is 0.933. The molecule has 3 aromatic rings. The number of hydrogen-bond donors (Lipinski definition) is 3. The van der Waals surface area contributed by atoms with Crippen LogP contribution in [0.15, 0.2) is 66.7 Å². The molecule has 0 spiro atoms. The zero-order valence-corrected chi connectivity index (χ0v) is 21.6. The Balaban J connectivity index is 1.52. The topological polar surface area (TPSA) is 82.7 Å². The average Bonchev–Trinajstić information content (AvgIpc) is 2.90. The number of carbonyl (C=O) groups excluding carboxylic acids is 2. The first-order valence-corrected chi connectivity index (χ1v) is 12.4. The standard InChI is InChI=1S/C29H36N4O3/c1-5-33(6-2)19-7-18-30-28(34)23-10-17-27(21(3)20-23)31-24-11-13-25(14-12-24)32-29(35)22-8-15-26(36-4)16-9-22/h8-17,20,31H,5-7,18-19H2,1-4H3,(H,30,34)(H,32,35). The molecular weight excluding hydrogens is 452 g/mol. The summed E-state index contributed by atoms with van der Waals surface area (Å²) in [6, 6.07) is 20.1. The second kappa shape index (κ2) is 13.3. The third-order valence-electron chi connectivity index (χ3n) is 6.09. The molecule has 7 nitrogen and oxygen atoms in total. The molecule has 3 aromatic carbocycles. The van der Waals surface area contributed by atoms with E-state index in [2.05, 4.69) is 34.7 Å². The van der Waals surface area contributed by atoms with Crippen molar-refractivity contribution in [2.75, 3.05) is 43.9 Å². The molecule has 3 N–H and O–H groups in total. The summed E-state index contributed by atoms with van der Waals surface area (Å²) in [6.45, 7) is 9.98. The summed E-state index contributed by atoms with van der Waals surface area (Å²) < 4.78 is 5.13. The third-order valence-corrected chi connectivity index (χ3v) is 6.09. The molecule has 0 saturated carbocycles. The first kappa shape index (κ1) is 26.8. The van der Waals surface area contributed by atoms with Crippen molar-refractivity contribution in [1.29, 1.82) is 0 Å². The minimum absolute atomic E-state index is 0.0545. The highest BCUT2D eigenvalue weighted by atomic mass is 16.5. The van der Waals surface area contributed by atoms with Crippen LogP contribution in [0.4, 0.5) is 17.1 Å². The number of aryl methyl sites for hydroxylation is 1. The fourth-order valence-corrected chi connectivity index (χ4v) is 3.83. The highest BCUT2D eigenvalue weighted by molar-refractivity contribution is 6.04. The molecule has 0 unspecified atom stereocenters. The number of methoxy groups -OCH3 is 1. The SMILES string of the molecule is CCN(CC)CCCNC(=O)c1ccc(Nc2ccc(NC(=O)c3ccc(OC)cc3)cc2)c(C)c1. The van der Waals surface area contributed by atoms with E-state index in [9.17, 15) is 9.59 Å². The van der Waals surface area contributed by atoms with Crippen molar-refractivity contribution in [1.82, 2.24) is 10.2 Å². The Morgan fingerprint density at radius 2 is 1.47 bits per heavy atom. The molecule has 0 atom stereocenters. The molecule has 36 heavy (non-hydrogen) atoms. The van der Waals surface area contributed by atoms with Crippen LogP contribution < -0.4 is 20.7 Å². The number of rotatable bonds is 12. The first-order chi connectivity index (χ1) is 17.4. The van der Waals surface area contributed by atoms with Crippen LogP contribution in [-0.2, 0) is 0 Å². The number of carbonyl (C=O) groups is 2. The van der Waals surface area contributed by atoms with E-state index >= 15 is 0 Å². The van der Waals surface area contributed by atoms with Crippen molar-refractivity contribution in [3.05, 3.63) is 83.4 Å². The maximum absolute atomic E-state index is 12.5. The smallest absolute Gasteiger partial charge is 0.255 e. The summed E-state index contributed by atoms with van der Waals surface area (Å²) in [5.41, 5.74) is 4.69. The van der Waals surface area contributed by atoms with Crippen LogP contribution in [0.5, 0.6) is 5.75 Å². The summed E-state index contributed by atoms with van der Waals surface area (Å²) in [7, 11) is 1.59. The molecule has 0 aliphatic heterocycles. The number of nitrogens with zero attached hydrogens (tertiary/aromatic N) is 1. The quantitative estimate of drug-likeness (QED) is 0.295. The summed E-state index contributed by atoms with van der Waals surface area (Å²) in [5, 5.41) is 9.29. The van der Waals surface area contributed by atoms with Crippen molar-refractivity contribution in [3.63, 3.8) is 0 Å². The second-order valence-electron chi connectivity index (χ2n) is 8.55. The lowest BCUT2D eigenvalue weighted by Gasteiger charge is -2.17. The zero-order chi connectivity index (χ0) is 25.9. The molecule has 190 valence electrons. The molecular formula is C29H36N4O3. The van der Waals surface area contributed by atoms with Gasteiger partial charge in [0.1, 0.15) is 5.75 Å². The van der Waals surface area contributed by atoms with Crippen LogP contribution in [0.2, 0.25) is 0 Å². The highest BCUT2D eigenvalue weighted by Crippen LogP contribution is 2.23. The fraction of sp³-hybridized carbons (Fsp3) is 0.310. The van der Waals surface area contributed by atoms with E-state index in [-0.39, 0.29) is 11.8 Å². The largest absolute Gasteiger partial charge is 0.497 e. The number of amides is 2. The minimum Gasteiger partial charge on any atom is -0.497 e. The molecule has 0 bridgehead atoms. The van der Waals surface area contributed by atoms with Crippen LogP contribution in [0.1, 0.15) is 46.5 Å². The van der Waals surface area contributed by atoms with Gasteiger partial charge in [-0.15, -0.1) is 0 Å². The van der Waals surface area contributed by atoms with Gasteiger partial charge in [0.15, 0.2) is 0 Å². The van der Waals surface area contributed by atoms with Crippen LogP contribution in [-0.4, -0.2) is 50.0 Å². The van der Waals surface area contributed by atoms with Gasteiger partial charge in [0.25, 0.3) is 11.8 Å². The van der Waals surface area contributed by atoms with Crippen molar-refractivity contribution >= 4 is 28.9 Å². The van der Waals surface area contributed by atoms with Gasteiger partial charge in [-0.05, 0) is 105 Å². The Kier molecular flexibility index (Phi) is 9.89. The molecule has 0 fully saturated rings. The number of hydrogen-bond acceptors (Lipinski definition) is 5. The van der Waals surface area contributed by atoms with Gasteiger partial charge in [-0.3, -0.25) is 9.59 Å². The van der Waals surface area contributed by atoms with Crippen molar-refractivity contribution in [2.45, 2.75) is 27.2 Å². The van der Waals surface area contributed by atoms with Crippen LogP contribution in [0.3, 0.4) is 0 Å². The summed E-state index contributed by atoms with van der Waals surface area (Å²) >= 11 is 0. The van der Waals surface area contributed by atoms with Crippen molar-refractivity contribution in [3.8, 4) is 5.75 Å². The number of nitrogens with one attached hydrogen (secondary N) is 3. The minimum atomic E-state index is -0.184. The van der Waals surface area contributed by atoms with E-state index < -0.39 is 0 Å². The van der Waals surface area contributed by atoms with Gasteiger partial charge in [-0.25, -0.2) is 0 Å². The highest BCUT2D eigenvalue weighted by Gasteiger charge is 2.09. The lowest BCUT2D eigenvalue weighted by molar-refractivity contribution is 0.0951. The van der Waals surface area contributed by atoms with Crippen LogP contribution in [0.25, 0.3) is 0 Å². The van der Waals surface area contributed by atoms with Gasteiger partial charge < -0.3 is 25.6 Å². The van der Waals surface area contributed by atoms with E-state index in [1.54, 1.807) is 31.4 Å². The molecule has 0 saturated heterocycles. The molecule has 0 aromatic heterocycles. The van der Waals surface area contributed by atoms with Gasteiger partial charge in [-0.2, -0.15) is 0 Å². The Morgan fingerprint density at radius 1 is 0.833 bits per heavy atom. The van der Waals surface area contributed by atoms with E-state index in [1.165, 1.54) is 0 Å². The van der Waals surface area contributed by atoms with E-state index in [4.69, 9.17) is 4.74 Å². The zero-order valence-electron chi connectivity index (χ0n) is 21.6. The number of ether oxygens (including phenoxy) is 1. The Labute approximate surface area is 213 Å². The molecule has 2 amide bonds. The fourth-order valence-electron chi connectivity index (χ4n) is 3.83. The van der Waals surface area contributed by atoms with Crippen molar-refractivity contribution < 1.29 is 14.3 Å². The van der Waals surface area contributed by atoms with E-state index in [1.807, 2.05) is 49.4 Å². The Hall–Kier alpha value is -3.84. The predicted octanol–water partition coefficient (Wildman–Crippen LogP) is 5.46. The molecule has 7 heteroatoms. The third kappa shape index (κ3) is 7.58. The average molecular weight is 489 g/mol. The summed E-state index contributed by atoms with van der Waals surface area (Å²) in [5.74, 6) is 0.467. The normalized spacial score (nSPS) is 10.7. The molecule has 3 rings (SSSR count). The molecule has 0 radical (unpaired) electrons. The van der Waals surface area contributed by atoms with Gasteiger partial charge in [0.05, 0.1) is 7.11 Å². The molecule has 0 aliphatic carbocycles. The number of benzene rings is 3. The number of anilines is 3. The van der Waals surface area contributed by atoms with Crippen molar-refractivity contribution in [2.24, 2.45) is 0 Å². The lowest BCUT2D eigenvalue weighted by atomic mass is 10.1. The maximum atomic E-state index is 12.5. The summed E-state index contributed by atoms with van der Waals surface area (Å²) in [4.78, 5) is 27.3. The first-order valence-electron chi connectivity index (χ1n) is 12.4. The van der Waals surface area contributed by atoms with Gasteiger partial charge in [0, 0.05) is 34.7 Å². The Morgan fingerprint density at radius 3 is 2.08 bits per heavy atom.